The zero-order chi connectivity index (χ0) is 16.9. The molecule has 1 aliphatic heterocycles. The van der Waals surface area contributed by atoms with Gasteiger partial charge in [-0.25, -0.2) is 0 Å². The van der Waals surface area contributed by atoms with Crippen molar-refractivity contribution < 1.29 is 4.79 Å². The van der Waals surface area contributed by atoms with Gasteiger partial charge in [0.25, 0.3) is 0 Å². The van der Waals surface area contributed by atoms with E-state index in [1.54, 1.807) is 0 Å². The van der Waals surface area contributed by atoms with Gasteiger partial charge in [0.1, 0.15) is 0 Å². The minimum absolute atomic E-state index is 0.200. The maximum Gasteiger partial charge on any atom is 0.223 e. The predicted octanol–water partition coefficient (Wildman–Crippen LogP) is 3.23. The molecular formula is C20H31N3O. The number of hydrogen-bond acceptors (Lipinski definition) is 3. The lowest BCUT2D eigenvalue weighted by molar-refractivity contribution is -0.127. The summed E-state index contributed by atoms with van der Waals surface area (Å²) in [6, 6.07) is 4.54. The summed E-state index contributed by atoms with van der Waals surface area (Å²) in [5.41, 5.74) is 1.30. The molecule has 4 nitrogen and oxygen atoms in total. The summed E-state index contributed by atoms with van der Waals surface area (Å²) in [4.78, 5) is 19.1. The number of aromatic nitrogens is 1. The van der Waals surface area contributed by atoms with Crippen LogP contribution >= 0.6 is 0 Å². The van der Waals surface area contributed by atoms with Crippen molar-refractivity contribution in [3.63, 3.8) is 0 Å². The fourth-order valence-electron chi connectivity index (χ4n) is 4.48. The summed E-state index contributed by atoms with van der Waals surface area (Å²) in [7, 11) is 0. The molecule has 1 aliphatic carbocycles. The van der Waals surface area contributed by atoms with Crippen molar-refractivity contribution >= 4 is 5.91 Å². The van der Waals surface area contributed by atoms with Crippen LogP contribution in [0.1, 0.15) is 51.5 Å². The molecule has 0 spiro atoms. The van der Waals surface area contributed by atoms with E-state index in [1.807, 2.05) is 12.4 Å². The quantitative estimate of drug-likeness (QED) is 0.922. The first kappa shape index (κ1) is 17.4. The fraction of sp³-hybridized carbons (Fsp3) is 0.700. The van der Waals surface area contributed by atoms with Crippen molar-refractivity contribution in [2.24, 2.45) is 17.8 Å². The van der Waals surface area contributed by atoms with Crippen LogP contribution in [0.5, 0.6) is 0 Å². The molecule has 1 aromatic heterocycles. The van der Waals surface area contributed by atoms with Gasteiger partial charge in [-0.3, -0.25) is 14.7 Å². The molecule has 4 heteroatoms. The Balaban J connectivity index is 1.43. The first-order valence-electron chi connectivity index (χ1n) is 9.51. The topological polar surface area (TPSA) is 45.2 Å². The number of nitrogens with zero attached hydrogens (tertiary/aromatic N) is 2. The van der Waals surface area contributed by atoms with Gasteiger partial charge < -0.3 is 5.32 Å². The minimum Gasteiger partial charge on any atom is -0.353 e. The number of likely N-dealkylation sites (tertiary alicyclic amines) is 1. The zero-order valence-electron chi connectivity index (χ0n) is 15.1. The molecular weight excluding hydrogens is 298 g/mol. The van der Waals surface area contributed by atoms with Crippen LogP contribution in [0.25, 0.3) is 0 Å². The maximum atomic E-state index is 12.6. The van der Waals surface area contributed by atoms with E-state index in [-0.39, 0.29) is 5.92 Å². The lowest BCUT2D eigenvalue weighted by Gasteiger charge is -2.35. The second-order valence-corrected chi connectivity index (χ2v) is 8.03. The van der Waals surface area contributed by atoms with Crippen LogP contribution in [0, 0.1) is 17.8 Å². The van der Waals surface area contributed by atoms with Gasteiger partial charge in [0, 0.05) is 30.9 Å². The molecule has 2 atom stereocenters. The standard InChI is InChI=1S/C20H31N3O/c1-15-11-16(2)13-19(12-15)22-20(24)18-5-9-23(10-6-18)14-17-3-7-21-8-4-17/h3-4,7-8,15-16,18-19H,5-6,9-14H2,1-2H3,(H,22,24). The summed E-state index contributed by atoms with van der Waals surface area (Å²) < 4.78 is 0. The Bertz CT molecular complexity index is 515. The molecule has 0 radical (unpaired) electrons. The van der Waals surface area contributed by atoms with E-state index in [1.165, 1.54) is 12.0 Å². The third-order valence-electron chi connectivity index (χ3n) is 5.64. The number of rotatable bonds is 4. The molecule has 0 aromatic carbocycles. The van der Waals surface area contributed by atoms with E-state index in [9.17, 15) is 4.79 Å². The minimum atomic E-state index is 0.200. The summed E-state index contributed by atoms with van der Waals surface area (Å²) in [6.45, 7) is 7.61. The second-order valence-electron chi connectivity index (χ2n) is 8.03. The summed E-state index contributed by atoms with van der Waals surface area (Å²) in [5, 5.41) is 3.35. The van der Waals surface area contributed by atoms with Gasteiger partial charge >= 0.3 is 0 Å². The SMILES string of the molecule is CC1CC(C)CC(NC(=O)C2CCN(Cc3ccncc3)CC2)C1. The summed E-state index contributed by atoms with van der Waals surface area (Å²) in [5.74, 6) is 1.97. The van der Waals surface area contributed by atoms with Gasteiger partial charge in [-0.15, -0.1) is 0 Å². The van der Waals surface area contributed by atoms with E-state index in [2.05, 4.69) is 41.2 Å². The van der Waals surface area contributed by atoms with E-state index >= 15 is 0 Å². The Morgan fingerprint density at radius 2 is 1.75 bits per heavy atom. The number of piperidine rings is 1. The highest BCUT2D eigenvalue weighted by atomic mass is 16.1. The second kappa shape index (κ2) is 8.11. The molecule has 1 saturated carbocycles. The van der Waals surface area contributed by atoms with Gasteiger partial charge in [0.2, 0.25) is 5.91 Å². The fourth-order valence-corrected chi connectivity index (χ4v) is 4.48. The lowest BCUT2D eigenvalue weighted by atomic mass is 9.80. The maximum absolute atomic E-state index is 12.6. The highest BCUT2D eigenvalue weighted by Crippen LogP contribution is 2.29. The van der Waals surface area contributed by atoms with E-state index < -0.39 is 0 Å². The van der Waals surface area contributed by atoms with Crippen molar-refractivity contribution in [3.05, 3.63) is 30.1 Å². The summed E-state index contributed by atoms with van der Waals surface area (Å²) >= 11 is 0. The molecule has 2 unspecified atom stereocenters. The molecule has 24 heavy (non-hydrogen) atoms. The monoisotopic (exact) mass is 329 g/mol. The third kappa shape index (κ3) is 4.79. The summed E-state index contributed by atoms with van der Waals surface area (Å²) in [6.07, 6.45) is 9.26. The largest absolute Gasteiger partial charge is 0.353 e. The Labute approximate surface area is 146 Å². The normalized spacial score (nSPS) is 29.3. The van der Waals surface area contributed by atoms with Crippen LogP contribution in [-0.2, 0) is 11.3 Å². The van der Waals surface area contributed by atoms with E-state index in [4.69, 9.17) is 0 Å². The van der Waals surface area contributed by atoms with Gasteiger partial charge in [-0.1, -0.05) is 13.8 Å². The third-order valence-corrected chi connectivity index (χ3v) is 5.64. The van der Waals surface area contributed by atoms with Crippen LogP contribution < -0.4 is 5.32 Å². The predicted molar refractivity (Wildman–Crippen MR) is 96.3 cm³/mol. The Kier molecular flexibility index (Phi) is 5.88. The Morgan fingerprint density at radius 1 is 1.12 bits per heavy atom. The van der Waals surface area contributed by atoms with Crippen molar-refractivity contribution in [2.45, 2.75) is 58.5 Å². The molecule has 132 valence electrons. The highest BCUT2D eigenvalue weighted by molar-refractivity contribution is 5.79. The molecule has 1 amide bonds. The van der Waals surface area contributed by atoms with Crippen LogP contribution in [0.3, 0.4) is 0 Å². The van der Waals surface area contributed by atoms with E-state index in [0.717, 1.165) is 57.2 Å². The van der Waals surface area contributed by atoms with Crippen molar-refractivity contribution in [3.8, 4) is 0 Å². The molecule has 1 N–H and O–H groups in total. The van der Waals surface area contributed by atoms with Crippen molar-refractivity contribution in [2.75, 3.05) is 13.1 Å². The lowest BCUT2D eigenvalue weighted by Crippen LogP contribution is -2.45. The average Bonchev–Trinajstić information content (AvgIpc) is 2.55. The number of pyridine rings is 1. The van der Waals surface area contributed by atoms with Crippen molar-refractivity contribution in [1.29, 1.82) is 0 Å². The molecule has 1 aromatic rings. The zero-order valence-corrected chi connectivity index (χ0v) is 15.1. The molecule has 3 rings (SSSR count). The molecule has 2 fully saturated rings. The Hall–Kier alpha value is -1.42. The number of carbonyl (C=O) groups excluding carboxylic acids is 1. The van der Waals surface area contributed by atoms with Gasteiger partial charge in [0.15, 0.2) is 0 Å². The number of amides is 1. The molecule has 1 saturated heterocycles. The number of hydrogen-bond donors (Lipinski definition) is 1. The highest BCUT2D eigenvalue weighted by Gasteiger charge is 2.29. The van der Waals surface area contributed by atoms with Gasteiger partial charge in [-0.2, -0.15) is 0 Å². The van der Waals surface area contributed by atoms with Gasteiger partial charge in [0.05, 0.1) is 0 Å². The molecule has 0 bridgehead atoms. The molecule has 2 heterocycles. The van der Waals surface area contributed by atoms with Crippen LogP contribution in [0.15, 0.2) is 24.5 Å². The average molecular weight is 329 g/mol. The first-order chi connectivity index (χ1) is 11.6. The number of nitrogens with one attached hydrogen (secondary N) is 1. The van der Waals surface area contributed by atoms with Gasteiger partial charge in [-0.05, 0) is 74.7 Å². The van der Waals surface area contributed by atoms with E-state index in [0.29, 0.717) is 11.9 Å². The van der Waals surface area contributed by atoms with Crippen molar-refractivity contribution in [1.82, 2.24) is 15.2 Å². The van der Waals surface area contributed by atoms with Crippen LogP contribution in [-0.4, -0.2) is 34.9 Å². The number of carbonyl (C=O) groups is 1. The molecule has 2 aliphatic rings. The van der Waals surface area contributed by atoms with Crippen LogP contribution in [0.2, 0.25) is 0 Å². The smallest absolute Gasteiger partial charge is 0.223 e. The Morgan fingerprint density at radius 3 is 2.38 bits per heavy atom. The van der Waals surface area contributed by atoms with Crippen LogP contribution in [0.4, 0.5) is 0 Å². The first-order valence-corrected chi connectivity index (χ1v) is 9.51.